The van der Waals surface area contributed by atoms with Gasteiger partial charge in [0.15, 0.2) is 0 Å². The van der Waals surface area contributed by atoms with Gasteiger partial charge in [-0.05, 0) is 30.9 Å². The van der Waals surface area contributed by atoms with Gasteiger partial charge in [0.2, 0.25) is 0 Å². The fourth-order valence-electron chi connectivity index (χ4n) is 3.08. The number of aromatic amines is 1. The van der Waals surface area contributed by atoms with E-state index in [0.717, 1.165) is 36.8 Å². The first kappa shape index (κ1) is 11.9. The van der Waals surface area contributed by atoms with Crippen LogP contribution < -0.4 is 0 Å². The molecule has 2 aliphatic rings. The molecule has 1 aromatic heterocycles. The Balaban J connectivity index is 1.97. The summed E-state index contributed by atoms with van der Waals surface area (Å²) in [5.41, 5.74) is 3.21. The SMILES string of the molecule is C[C@]12Cc3cn[nH]c3C=C1CC[C@@H]2OS(C)(=O)=O. The van der Waals surface area contributed by atoms with Gasteiger partial charge in [-0.25, -0.2) is 0 Å². The molecule has 6 heteroatoms. The van der Waals surface area contributed by atoms with Gasteiger partial charge >= 0.3 is 0 Å². The summed E-state index contributed by atoms with van der Waals surface area (Å²) in [7, 11) is -3.41. The first-order valence-corrected chi connectivity index (χ1v) is 7.82. The second-order valence-electron chi connectivity index (χ2n) is 5.40. The van der Waals surface area contributed by atoms with Crippen LogP contribution in [0.3, 0.4) is 0 Å². The van der Waals surface area contributed by atoms with Crippen LogP contribution in [0.2, 0.25) is 0 Å². The van der Waals surface area contributed by atoms with E-state index in [1.807, 2.05) is 6.20 Å². The number of fused-ring (bicyclic) bond motifs is 2. The van der Waals surface area contributed by atoms with E-state index in [-0.39, 0.29) is 11.5 Å². The Morgan fingerprint density at radius 3 is 3.06 bits per heavy atom. The second kappa shape index (κ2) is 3.68. The molecule has 18 heavy (non-hydrogen) atoms. The summed E-state index contributed by atoms with van der Waals surface area (Å²) in [6.45, 7) is 2.08. The van der Waals surface area contributed by atoms with Crippen molar-refractivity contribution in [1.29, 1.82) is 0 Å². The molecule has 0 bridgehead atoms. The predicted octanol–water partition coefficient (Wildman–Crippen LogP) is 1.49. The van der Waals surface area contributed by atoms with Crippen molar-refractivity contribution in [3.63, 3.8) is 0 Å². The maximum absolute atomic E-state index is 11.3. The van der Waals surface area contributed by atoms with Gasteiger partial charge in [-0.3, -0.25) is 9.28 Å². The van der Waals surface area contributed by atoms with Gasteiger partial charge in [-0.1, -0.05) is 12.5 Å². The average molecular weight is 268 g/mol. The third kappa shape index (κ3) is 1.80. The summed E-state index contributed by atoms with van der Waals surface area (Å²) < 4.78 is 27.9. The lowest BCUT2D eigenvalue weighted by Gasteiger charge is -2.34. The van der Waals surface area contributed by atoms with Gasteiger partial charge in [0.05, 0.1) is 24.3 Å². The molecule has 1 saturated carbocycles. The van der Waals surface area contributed by atoms with Crippen molar-refractivity contribution in [2.24, 2.45) is 5.41 Å². The monoisotopic (exact) mass is 268 g/mol. The Labute approximate surface area is 106 Å². The van der Waals surface area contributed by atoms with Crippen LogP contribution in [0.4, 0.5) is 0 Å². The second-order valence-corrected chi connectivity index (χ2v) is 7.00. The molecule has 2 atom stereocenters. The van der Waals surface area contributed by atoms with E-state index in [9.17, 15) is 8.42 Å². The highest BCUT2D eigenvalue weighted by Gasteiger charge is 2.47. The minimum Gasteiger partial charge on any atom is -0.278 e. The van der Waals surface area contributed by atoms with Crippen molar-refractivity contribution < 1.29 is 12.6 Å². The maximum atomic E-state index is 11.3. The number of rotatable bonds is 2. The van der Waals surface area contributed by atoms with Crippen LogP contribution in [-0.2, 0) is 20.7 Å². The molecule has 3 rings (SSSR count). The summed E-state index contributed by atoms with van der Waals surface area (Å²) in [6.07, 6.45) is 7.18. The molecule has 1 fully saturated rings. The highest BCUT2D eigenvalue weighted by molar-refractivity contribution is 7.86. The summed E-state index contributed by atoms with van der Waals surface area (Å²) in [4.78, 5) is 0. The molecule has 98 valence electrons. The largest absolute Gasteiger partial charge is 0.278 e. The first-order chi connectivity index (χ1) is 8.38. The molecule has 0 amide bonds. The fourth-order valence-corrected chi connectivity index (χ4v) is 3.81. The molecule has 0 saturated heterocycles. The van der Waals surface area contributed by atoms with Crippen LogP contribution in [0.25, 0.3) is 6.08 Å². The van der Waals surface area contributed by atoms with Crippen LogP contribution in [-0.4, -0.2) is 31.0 Å². The molecular formula is C12H16N2O3S. The van der Waals surface area contributed by atoms with Gasteiger partial charge < -0.3 is 0 Å². The Kier molecular flexibility index (Phi) is 2.44. The molecule has 0 radical (unpaired) electrons. The summed E-state index contributed by atoms with van der Waals surface area (Å²) in [5.74, 6) is 0. The molecule has 0 spiro atoms. The number of nitrogens with zero attached hydrogens (tertiary/aromatic N) is 1. The number of hydrogen-bond donors (Lipinski definition) is 1. The molecule has 0 aliphatic heterocycles. The van der Waals surface area contributed by atoms with Gasteiger partial charge in [0, 0.05) is 5.41 Å². The Bertz CT molecular complexity index is 617. The summed E-state index contributed by atoms with van der Waals surface area (Å²) in [5, 5.41) is 7.00. The van der Waals surface area contributed by atoms with Crippen molar-refractivity contribution in [2.75, 3.05) is 6.26 Å². The highest BCUT2D eigenvalue weighted by Crippen LogP contribution is 2.50. The number of nitrogens with one attached hydrogen (secondary N) is 1. The number of hydrogen-bond acceptors (Lipinski definition) is 4. The summed E-state index contributed by atoms with van der Waals surface area (Å²) in [6, 6.07) is 0. The zero-order valence-electron chi connectivity index (χ0n) is 10.4. The summed E-state index contributed by atoms with van der Waals surface area (Å²) >= 11 is 0. The highest BCUT2D eigenvalue weighted by atomic mass is 32.2. The van der Waals surface area contributed by atoms with E-state index in [1.54, 1.807) is 0 Å². The van der Waals surface area contributed by atoms with Gasteiger partial charge in [0.25, 0.3) is 10.1 Å². The van der Waals surface area contributed by atoms with E-state index >= 15 is 0 Å². The van der Waals surface area contributed by atoms with Crippen LogP contribution >= 0.6 is 0 Å². The van der Waals surface area contributed by atoms with Crippen LogP contribution in [0.5, 0.6) is 0 Å². The normalized spacial score (nSPS) is 30.8. The third-order valence-electron chi connectivity index (χ3n) is 4.04. The molecule has 5 nitrogen and oxygen atoms in total. The van der Waals surface area contributed by atoms with E-state index in [1.165, 1.54) is 5.57 Å². The van der Waals surface area contributed by atoms with E-state index in [2.05, 4.69) is 23.2 Å². The smallest absolute Gasteiger partial charge is 0.264 e. The van der Waals surface area contributed by atoms with Gasteiger partial charge in [-0.2, -0.15) is 13.5 Å². The topological polar surface area (TPSA) is 72.0 Å². The molecule has 1 heterocycles. The van der Waals surface area contributed by atoms with E-state index < -0.39 is 10.1 Å². The lowest BCUT2D eigenvalue weighted by atomic mass is 9.74. The minimum absolute atomic E-state index is 0.222. The molecular weight excluding hydrogens is 252 g/mol. The zero-order chi connectivity index (χ0) is 13.0. The van der Waals surface area contributed by atoms with Crippen LogP contribution in [0, 0.1) is 5.41 Å². The van der Waals surface area contributed by atoms with Crippen molar-refractivity contribution in [1.82, 2.24) is 10.2 Å². The van der Waals surface area contributed by atoms with Crippen molar-refractivity contribution in [3.8, 4) is 0 Å². The molecule has 0 unspecified atom stereocenters. The van der Waals surface area contributed by atoms with Gasteiger partial charge in [0.1, 0.15) is 0 Å². The van der Waals surface area contributed by atoms with E-state index in [4.69, 9.17) is 4.18 Å². The average Bonchev–Trinajstić information content (AvgIpc) is 2.78. The lowest BCUT2D eigenvalue weighted by Crippen LogP contribution is -2.35. The molecule has 2 aliphatic carbocycles. The lowest BCUT2D eigenvalue weighted by molar-refractivity contribution is 0.115. The fraction of sp³-hybridized carbons (Fsp3) is 0.583. The maximum Gasteiger partial charge on any atom is 0.264 e. The van der Waals surface area contributed by atoms with Gasteiger partial charge in [-0.15, -0.1) is 0 Å². The quantitative estimate of drug-likeness (QED) is 0.825. The standard InChI is InChI=1S/C12H16N2O3S/c1-12-6-8-7-13-14-10(8)5-9(12)3-4-11(12)17-18(2,15)16/h5,7,11H,3-4,6H2,1-2H3,(H,13,14)/t11-,12-/m0/s1. The molecule has 0 aromatic carbocycles. The molecule has 1 N–H and O–H groups in total. The first-order valence-electron chi connectivity index (χ1n) is 6.00. The van der Waals surface area contributed by atoms with Crippen molar-refractivity contribution >= 4 is 16.2 Å². The number of aromatic nitrogens is 2. The Hall–Kier alpha value is -1.14. The Morgan fingerprint density at radius 1 is 1.56 bits per heavy atom. The molecule has 1 aromatic rings. The zero-order valence-corrected chi connectivity index (χ0v) is 11.3. The van der Waals surface area contributed by atoms with Crippen LogP contribution in [0.1, 0.15) is 31.0 Å². The third-order valence-corrected chi connectivity index (χ3v) is 4.62. The Morgan fingerprint density at radius 2 is 2.33 bits per heavy atom. The number of H-pyrrole nitrogens is 1. The van der Waals surface area contributed by atoms with Crippen molar-refractivity contribution in [2.45, 2.75) is 32.3 Å². The minimum atomic E-state index is -3.41. The predicted molar refractivity (Wildman–Crippen MR) is 67.3 cm³/mol. The van der Waals surface area contributed by atoms with E-state index in [0.29, 0.717) is 0 Å². The van der Waals surface area contributed by atoms with Crippen molar-refractivity contribution in [3.05, 3.63) is 23.0 Å². The van der Waals surface area contributed by atoms with Crippen LogP contribution in [0.15, 0.2) is 11.8 Å².